The Morgan fingerprint density at radius 2 is 2.12 bits per heavy atom. The largest absolute Gasteiger partial charge is 0.325 e. The first-order chi connectivity index (χ1) is 10.4. The molecule has 0 bridgehead atoms. The molecule has 6 nitrogen and oxygen atoms in total. The highest BCUT2D eigenvalue weighted by molar-refractivity contribution is 7.90. The lowest BCUT2D eigenvalue weighted by atomic mass is 9.85. The van der Waals surface area contributed by atoms with E-state index < -0.39 is 9.84 Å². The zero-order valence-corrected chi connectivity index (χ0v) is 16.3. The number of carbonyl (C=O) groups is 1. The number of carbonyl (C=O) groups excluding carboxylic acids is 1. The highest BCUT2D eigenvalue weighted by Gasteiger charge is 2.22. The minimum Gasteiger partial charge on any atom is -0.325 e. The molecule has 24 heavy (non-hydrogen) atoms. The summed E-state index contributed by atoms with van der Waals surface area (Å²) in [6, 6.07) is 2.97. The average molecular weight is 398 g/mol. The molecule has 0 radical (unpaired) electrons. The fraction of sp³-hybridized carbons (Fsp3) is 0.600. The Kier molecular flexibility index (Phi) is 9.80. The number of nitrogens with one attached hydrogen (secondary N) is 2. The Morgan fingerprint density at radius 3 is 2.62 bits per heavy atom. The minimum absolute atomic E-state index is 0. The molecular formula is C15H25Cl2N3O3S. The summed E-state index contributed by atoms with van der Waals surface area (Å²) in [6.07, 6.45) is 5.26. The summed E-state index contributed by atoms with van der Waals surface area (Å²) in [7, 11) is -3.31. The van der Waals surface area contributed by atoms with Crippen molar-refractivity contribution in [3.05, 3.63) is 18.3 Å². The fourth-order valence-corrected chi connectivity index (χ4v) is 3.27. The van der Waals surface area contributed by atoms with Crippen molar-refractivity contribution in [3.8, 4) is 0 Å². The van der Waals surface area contributed by atoms with E-state index in [-0.39, 0.29) is 35.7 Å². The first-order valence-corrected chi connectivity index (χ1v) is 9.42. The van der Waals surface area contributed by atoms with Crippen molar-refractivity contribution in [2.24, 2.45) is 11.8 Å². The molecule has 2 unspecified atom stereocenters. The topological polar surface area (TPSA) is 88.2 Å². The molecule has 9 heteroatoms. The predicted molar refractivity (Wildman–Crippen MR) is 99.8 cm³/mol. The Balaban J connectivity index is 0.00000264. The van der Waals surface area contributed by atoms with Crippen molar-refractivity contribution in [1.82, 2.24) is 10.3 Å². The number of anilines is 1. The van der Waals surface area contributed by atoms with Gasteiger partial charge in [-0.25, -0.2) is 13.4 Å². The second-order valence-electron chi connectivity index (χ2n) is 5.99. The minimum atomic E-state index is -3.31. The number of sulfone groups is 1. The molecule has 2 atom stereocenters. The van der Waals surface area contributed by atoms with Crippen LogP contribution < -0.4 is 10.6 Å². The van der Waals surface area contributed by atoms with Crippen LogP contribution in [0.15, 0.2) is 23.4 Å². The summed E-state index contributed by atoms with van der Waals surface area (Å²) in [6.45, 7) is 4.13. The summed E-state index contributed by atoms with van der Waals surface area (Å²) >= 11 is 0. The van der Waals surface area contributed by atoms with Crippen LogP contribution in [0.1, 0.15) is 26.2 Å². The summed E-state index contributed by atoms with van der Waals surface area (Å²) in [5, 5.41) is 6.14. The van der Waals surface area contributed by atoms with Crippen molar-refractivity contribution in [2.45, 2.75) is 31.2 Å². The van der Waals surface area contributed by atoms with Crippen LogP contribution in [0.5, 0.6) is 0 Å². The van der Waals surface area contributed by atoms with E-state index in [0.29, 0.717) is 23.9 Å². The normalized spacial score (nSPS) is 18.7. The molecular weight excluding hydrogens is 373 g/mol. The number of halogens is 2. The maximum atomic E-state index is 12.1. The number of pyridine rings is 1. The molecule has 0 aromatic carbocycles. The molecule has 0 saturated carbocycles. The van der Waals surface area contributed by atoms with Crippen LogP contribution in [0.3, 0.4) is 0 Å². The molecule has 0 aliphatic carbocycles. The van der Waals surface area contributed by atoms with Gasteiger partial charge in [0.1, 0.15) is 0 Å². The molecule has 2 rings (SSSR count). The quantitative estimate of drug-likeness (QED) is 0.795. The fourth-order valence-electron chi connectivity index (χ4n) is 2.71. The van der Waals surface area contributed by atoms with E-state index in [4.69, 9.17) is 0 Å². The van der Waals surface area contributed by atoms with Crippen LogP contribution in [0, 0.1) is 11.8 Å². The van der Waals surface area contributed by atoms with E-state index in [1.165, 1.54) is 12.3 Å². The molecule has 1 saturated heterocycles. The standard InChI is InChI=1S/C15H23N3O3S.2ClH/c1-11(12-4-3-7-16-9-12)8-14(19)18-13-5-6-15(17-10-13)22(2,20)21;;/h5-6,10-12,16H,3-4,7-9H2,1-2H3,(H,18,19);2*1H. The van der Waals surface area contributed by atoms with Gasteiger partial charge in [0.2, 0.25) is 5.91 Å². The molecule has 2 N–H and O–H groups in total. The van der Waals surface area contributed by atoms with Crippen molar-refractivity contribution >= 4 is 46.2 Å². The van der Waals surface area contributed by atoms with E-state index in [1.54, 1.807) is 6.07 Å². The Bertz CT molecular complexity index is 617. The summed E-state index contributed by atoms with van der Waals surface area (Å²) in [5.74, 6) is 0.785. The summed E-state index contributed by atoms with van der Waals surface area (Å²) in [5.41, 5.74) is 0.520. The Labute approximate surface area is 155 Å². The van der Waals surface area contributed by atoms with Crippen LogP contribution >= 0.6 is 24.8 Å². The van der Waals surface area contributed by atoms with Crippen LogP contribution in [0.25, 0.3) is 0 Å². The van der Waals surface area contributed by atoms with Gasteiger partial charge in [-0.3, -0.25) is 4.79 Å². The number of hydrogen-bond donors (Lipinski definition) is 2. The second kappa shape index (κ2) is 10.2. The van der Waals surface area contributed by atoms with Crippen LogP contribution in [-0.4, -0.2) is 38.7 Å². The van der Waals surface area contributed by atoms with Crippen molar-refractivity contribution in [1.29, 1.82) is 0 Å². The first kappa shape index (κ1) is 23.1. The smallest absolute Gasteiger partial charge is 0.224 e. The van der Waals surface area contributed by atoms with Crippen molar-refractivity contribution in [2.75, 3.05) is 24.7 Å². The zero-order valence-electron chi connectivity index (χ0n) is 13.8. The van der Waals surface area contributed by atoms with Gasteiger partial charge in [0.15, 0.2) is 14.9 Å². The van der Waals surface area contributed by atoms with Gasteiger partial charge < -0.3 is 10.6 Å². The van der Waals surface area contributed by atoms with Gasteiger partial charge >= 0.3 is 0 Å². The number of nitrogens with zero attached hydrogens (tertiary/aromatic N) is 1. The number of aromatic nitrogens is 1. The average Bonchev–Trinajstić information content (AvgIpc) is 2.47. The molecule has 0 spiro atoms. The molecule has 1 aromatic rings. The van der Waals surface area contributed by atoms with Gasteiger partial charge in [0, 0.05) is 12.7 Å². The third kappa shape index (κ3) is 6.93. The lowest BCUT2D eigenvalue weighted by Gasteiger charge is -2.28. The van der Waals surface area contributed by atoms with Gasteiger partial charge in [-0.2, -0.15) is 0 Å². The van der Waals surface area contributed by atoms with E-state index >= 15 is 0 Å². The molecule has 1 fully saturated rings. The monoisotopic (exact) mass is 397 g/mol. The third-order valence-electron chi connectivity index (χ3n) is 4.05. The molecule has 1 aliphatic heterocycles. The van der Waals surface area contributed by atoms with Crippen LogP contribution in [-0.2, 0) is 14.6 Å². The van der Waals surface area contributed by atoms with Gasteiger partial charge in [0.25, 0.3) is 0 Å². The maximum absolute atomic E-state index is 12.1. The summed E-state index contributed by atoms with van der Waals surface area (Å²) in [4.78, 5) is 15.9. The molecule has 2 heterocycles. The van der Waals surface area contributed by atoms with Crippen molar-refractivity contribution in [3.63, 3.8) is 0 Å². The van der Waals surface area contributed by atoms with Gasteiger partial charge in [-0.1, -0.05) is 6.92 Å². The van der Waals surface area contributed by atoms with E-state index in [9.17, 15) is 13.2 Å². The van der Waals surface area contributed by atoms with Gasteiger partial charge in [-0.15, -0.1) is 24.8 Å². The van der Waals surface area contributed by atoms with E-state index in [1.807, 2.05) is 0 Å². The number of rotatable bonds is 5. The van der Waals surface area contributed by atoms with Gasteiger partial charge in [-0.05, 0) is 49.9 Å². The number of hydrogen-bond acceptors (Lipinski definition) is 5. The Morgan fingerprint density at radius 1 is 1.42 bits per heavy atom. The SMILES string of the molecule is CC(CC(=O)Nc1ccc(S(C)(=O)=O)nc1)C1CCCNC1.Cl.Cl. The highest BCUT2D eigenvalue weighted by atomic mass is 35.5. The van der Waals surface area contributed by atoms with Crippen LogP contribution in [0.2, 0.25) is 0 Å². The zero-order chi connectivity index (χ0) is 16.2. The van der Waals surface area contributed by atoms with E-state index in [2.05, 4.69) is 22.5 Å². The lowest BCUT2D eigenvalue weighted by Crippen LogP contribution is -2.34. The summed E-state index contributed by atoms with van der Waals surface area (Å²) < 4.78 is 22.7. The van der Waals surface area contributed by atoms with E-state index in [0.717, 1.165) is 32.2 Å². The second-order valence-corrected chi connectivity index (χ2v) is 7.96. The Hall–Kier alpha value is -0.890. The predicted octanol–water partition coefficient (Wildman–Crippen LogP) is 2.29. The third-order valence-corrected chi connectivity index (χ3v) is 5.05. The maximum Gasteiger partial charge on any atom is 0.224 e. The molecule has 1 amide bonds. The molecule has 1 aromatic heterocycles. The van der Waals surface area contributed by atoms with Gasteiger partial charge in [0.05, 0.1) is 11.9 Å². The first-order valence-electron chi connectivity index (χ1n) is 7.53. The van der Waals surface area contributed by atoms with Crippen molar-refractivity contribution < 1.29 is 13.2 Å². The molecule has 1 aliphatic rings. The number of amides is 1. The highest BCUT2D eigenvalue weighted by Crippen LogP contribution is 2.23. The number of piperidine rings is 1. The van der Waals surface area contributed by atoms with Crippen LogP contribution in [0.4, 0.5) is 5.69 Å². The lowest BCUT2D eigenvalue weighted by molar-refractivity contribution is -0.117. The molecule has 138 valence electrons.